The van der Waals surface area contributed by atoms with Crippen LogP contribution in [0.5, 0.6) is 0 Å². The maximum atomic E-state index is 13.4. The van der Waals surface area contributed by atoms with Gasteiger partial charge in [-0.15, -0.1) is 0 Å². The summed E-state index contributed by atoms with van der Waals surface area (Å²) in [5.74, 6) is -2.59. The van der Waals surface area contributed by atoms with Crippen molar-refractivity contribution in [2.75, 3.05) is 18.1 Å². The van der Waals surface area contributed by atoms with E-state index in [1.54, 1.807) is 19.9 Å². The lowest BCUT2D eigenvalue weighted by Gasteiger charge is -2.51. The number of aliphatic hydroxyl groups excluding tert-OH is 1. The van der Waals surface area contributed by atoms with Crippen molar-refractivity contribution in [3.05, 3.63) is 23.3 Å². The summed E-state index contributed by atoms with van der Waals surface area (Å²) < 4.78 is 12.4. The van der Waals surface area contributed by atoms with Crippen LogP contribution >= 0.6 is 11.8 Å². The predicted octanol–water partition coefficient (Wildman–Crippen LogP) is 3.37. The molecule has 2 fully saturated rings. The van der Waals surface area contributed by atoms with Crippen molar-refractivity contribution < 1.29 is 39.2 Å². The lowest BCUT2D eigenvalue weighted by Crippen LogP contribution is -2.63. The Morgan fingerprint density at radius 2 is 1.72 bits per heavy atom. The molecule has 4 rings (SSSR count). The van der Waals surface area contributed by atoms with E-state index in [1.807, 2.05) is 33.8 Å². The predicted molar refractivity (Wildman–Crippen MR) is 148 cm³/mol. The first-order valence-corrected chi connectivity index (χ1v) is 15.4. The number of hydrogen-bond donors (Lipinski definition) is 3. The van der Waals surface area contributed by atoms with Crippen LogP contribution in [0.15, 0.2) is 23.3 Å². The minimum absolute atomic E-state index is 0.00465. The third kappa shape index (κ3) is 4.43. The smallest absolute Gasteiger partial charge is 0.306 e. The van der Waals surface area contributed by atoms with Crippen LogP contribution in [-0.4, -0.2) is 74.1 Å². The van der Waals surface area contributed by atoms with Gasteiger partial charge in [0.1, 0.15) is 11.7 Å². The van der Waals surface area contributed by atoms with E-state index in [-0.39, 0.29) is 43.2 Å². The standard InChI is InChI=1S/C30H44O8S/c1-7-9-22(32)37-26-18(4)29(36)20(24-27(5,6)30(24,26)38-23(33)10-8-2)14-19(16-39-12-11-31)15-28(35)21(29)13-17(3)25(28)34/h13-14,17-18,20,24,26,31,35-36H,7-12,15-16H2,1-6H3/t17?,18-,20+,24-,26-,28-,29-,30-/m1/s1. The Morgan fingerprint density at radius 1 is 1.08 bits per heavy atom. The summed E-state index contributed by atoms with van der Waals surface area (Å²) >= 11 is 1.49. The number of carbonyl (C=O) groups is 3. The number of rotatable bonds is 10. The first-order chi connectivity index (χ1) is 18.3. The number of carbonyl (C=O) groups excluding carboxylic acids is 3. The zero-order valence-electron chi connectivity index (χ0n) is 24.0. The number of ketones is 1. The van der Waals surface area contributed by atoms with Crippen LogP contribution in [0.1, 0.15) is 73.6 Å². The molecule has 8 atom stereocenters. The summed E-state index contributed by atoms with van der Waals surface area (Å²) in [6.07, 6.45) is 4.31. The molecule has 0 aromatic carbocycles. The number of esters is 2. The van der Waals surface area contributed by atoms with Crippen molar-refractivity contribution in [3.63, 3.8) is 0 Å². The van der Waals surface area contributed by atoms with Gasteiger partial charge < -0.3 is 24.8 Å². The summed E-state index contributed by atoms with van der Waals surface area (Å²) in [6, 6.07) is 0. The molecule has 2 saturated carbocycles. The van der Waals surface area contributed by atoms with Gasteiger partial charge in [-0.05, 0) is 18.4 Å². The van der Waals surface area contributed by atoms with Crippen molar-refractivity contribution in [1.82, 2.24) is 0 Å². The quantitative estimate of drug-likeness (QED) is 0.208. The molecule has 4 aliphatic rings. The van der Waals surface area contributed by atoms with Gasteiger partial charge in [-0.1, -0.05) is 59.3 Å². The van der Waals surface area contributed by atoms with Crippen LogP contribution < -0.4 is 0 Å². The molecule has 0 spiro atoms. The van der Waals surface area contributed by atoms with E-state index in [0.717, 1.165) is 5.57 Å². The maximum absolute atomic E-state index is 13.4. The molecule has 9 heteroatoms. The normalized spacial score (nSPS) is 39.9. The Morgan fingerprint density at radius 3 is 2.33 bits per heavy atom. The van der Waals surface area contributed by atoms with Crippen molar-refractivity contribution in [2.24, 2.45) is 29.1 Å². The number of hydrogen-bond acceptors (Lipinski definition) is 9. The minimum atomic E-state index is -1.89. The first kappa shape index (κ1) is 30.3. The SMILES string of the molecule is CCCC(=O)O[C@@H]1[C@@H](C)[C@]2(O)C3=CC(C)C(=O)[C@@]3(O)CC(CSCCO)=C[C@H]2[C@@H]2C(C)(C)[C@]12OC(=O)CCC. The molecule has 0 aromatic heterocycles. The molecule has 0 amide bonds. The van der Waals surface area contributed by atoms with E-state index >= 15 is 0 Å². The molecule has 218 valence electrons. The highest BCUT2D eigenvalue weighted by atomic mass is 32.2. The van der Waals surface area contributed by atoms with Crippen LogP contribution in [0.2, 0.25) is 0 Å². The van der Waals surface area contributed by atoms with Crippen molar-refractivity contribution >= 4 is 29.5 Å². The van der Waals surface area contributed by atoms with E-state index in [9.17, 15) is 29.7 Å². The molecule has 0 bridgehead atoms. The van der Waals surface area contributed by atoms with Gasteiger partial charge in [0.2, 0.25) is 0 Å². The highest BCUT2D eigenvalue weighted by molar-refractivity contribution is 7.99. The number of allylic oxidation sites excluding steroid dienone is 1. The molecule has 39 heavy (non-hydrogen) atoms. The van der Waals surface area contributed by atoms with E-state index in [2.05, 4.69) is 0 Å². The number of ether oxygens (including phenoxy) is 2. The fourth-order valence-electron chi connectivity index (χ4n) is 7.78. The highest BCUT2D eigenvalue weighted by Crippen LogP contribution is 2.77. The van der Waals surface area contributed by atoms with Crippen LogP contribution in [0.25, 0.3) is 0 Å². The maximum Gasteiger partial charge on any atom is 0.306 e. The van der Waals surface area contributed by atoms with Crippen molar-refractivity contribution in [2.45, 2.75) is 96.6 Å². The molecule has 0 aromatic rings. The van der Waals surface area contributed by atoms with E-state index < -0.39 is 58.0 Å². The monoisotopic (exact) mass is 564 g/mol. The summed E-state index contributed by atoms with van der Waals surface area (Å²) in [5.41, 5.74) is -4.36. The second-order valence-electron chi connectivity index (χ2n) is 12.4. The van der Waals surface area contributed by atoms with Gasteiger partial charge in [-0.3, -0.25) is 14.4 Å². The molecule has 0 heterocycles. The topological polar surface area (TPSA) is 130 Å². The van der Waals surface area contributed by atoms with E-state index in [4.69, 9.17) is 9.47 Å². The Balaban J connectivity index is 1.91. The minimum Gasteiger partial charge on any atom is -0.458 e. The van der Waals surface area contributed by atoms with Gasteiger partial charge in [0.05, 0.1) is 6.61 Å². The summed E-state index contributed by atoms with van der Waals surface area (Å²) in [7, 11) is 0. The molecule has 0 radical (unpaired) electrons. The van der Waals surface area contributed by atoms with Crippen LogP contribution in [0.3, 0.4) is 0 Å². The third-order valence-corrected chi connectivity index (χ3v) is 10.6. The number of Topliss-reactive ketones (excluding diaryl/α,β-unsaturated/α-hetero) is 1. The fourth-order valence-corrected chi connectivity index (χ4v) is 8.52. The van der Waals surface area contributed by atoms with E-state index in [1.165, 1.54) is 11.8 Å². The fraction of sp³-hybridized carbons (Fsp3) is 0.767. The molecular formula is C30H44O8S. The lowest BCUT2D eigenvalue weighted by atomic mass is 9.61. The number of fused-ring (bicyclic) bond motifs is 5. The second-order valence-corrected chi connectivity index (χ2v) is 13.5. The van der Waals surface area contributed by atoms with Gasteiger partial charge in [0.25, 0.3) is 0 Å². The van der Waals surface area contributed by atoms with Crippen LogP contribution in [0, 0.1) is 29.1 Å². The molecule has 0 saturated heterocycles. The molecule has 0 aliphatic heterocycles. The number of aliphatic hydroxyl groups is 3. The van der Waals surface area contributed by atoms with Crippen molar-refractivity contribution in [3.8, 4) is 0 Å². The number of thioether (sulfide) groups is 1. The summed E-state index contributed by atoms with van der Waals surface area (Å²) in [4.78, 5) is 39.3. The molecule has 8 nitrogen and oxygen atoms in total. The molecule has 3 N–H and O–H groups in total. The zero-order valence-corrected chi connectivity index (χ0v) is 24.8. The largest absolute Gasteiger partial charge is 0.458 e. The summed E-state index contributed by atoms with van der Waals surface area (Å²) in [5, 5.41) is 34.1. The Hall–Kier alpha value is -1.68. The Kier molecular flexibility index (Phi) is 8.25. The second kappa shape index (κ2) is 10.6. The van der Waals surface area contributed by atoms with Crippen LogP contribution in [-0.2, 0) is 23.9 Å². The third-order valence-electron chi connectivity index (χ3n) is 9.59. The van der Waals surface area contributed by atoms with Gasteiger partial charge in [0, 0.05) is 59.9 Å². The Bertz CT molecular complexity index is 1080. The molecule has 4 aliphatic carbocycles. The summed E-state index contributed by atoms with van der Waals surface area (Å²) in [6.45, 7) is 11.2. The Labute approximate surface area is 235 Å². The van der Waals surface area contributed by atoms with Gasteiger partial charge in [-0.2, -0.15) is 11.8 Å². The van der Waals surface area contributed by atoms with Gasteiger partial charge >= 0.3 is 11.9 Å². The van der Waals surface area contributed by atoms with Gasteiger partial charge in [0.15, 0.2) is 17.0 Å². The average molecular weight is 565 g/mol. The molecular weight excluding hydrogens is 520 g/mol. The van der Waals surface area contributed by atoms with E-state index in [0.29, 0.717) is 24.3 Å². The van der Waals surface area contributed by atoms with Gasteiger partial charge in [-0.25, -0.2) is 0 Å². The first-order valence-electron chi connectivity index (χ1n) is 14.3. The zero-order chi connectivity index (χ0) is 29.0. The highest BCUT2D eigenvalue weighted by Gasteiger charge is 2.87. The van der Waals surface area contributed by atoms with Crippen molar-refractivity contribution in [1.29, 1.82) is 0 Å². The average Bonchev–Trinajstić information content (AvgIpc) is 3.28. The van der Waals surface area contributed by atoms with Crippen LogP contribution in [0.4, 0.5) is 0 Å². The lowest BCUT2D eigenvalue weighted by molar-refractivity contribution is -0.207. The molecule has 1 unspecified atom stereocenters.